The highest BCUT2D eigenvalue weighted by molar-refractivity contribution is 5.93. The second-order valence-electron chi connectivity index (χ2n) is 5.74. The van der Waals surface area contributed by atoms with Gasteiger partial charge in [0.2, 0.25) is 0 Å². The van der Waals surface area contributed by atoms with E-state index in [2.05, 4.69) is 25.4 Å². The van der Waals surface area contributed by atoms with Gasteiger partial charge in [-0.1, -0.05) is 0 Å². The highest BCUT2D eigenvalue weighted by atomic mass is 16.3. The van der Waals surface area contributed by atoms with Crippen molar-refractivity contribution >= 4 is 17.6 Å². The van der Waals surface area contributed by atoms with Crippen LogP contribution in [0.5, 0.6) is 0 Å². The monoisotopic (exact) mass is 346 g/mol. The maximum atomic E-state index is 12.6. The van der Waals surface area contributed by atoms with E-state index in [0.717, 1.165) is 0 Å². The molecule has 0 aliphatic carbocycles. The lowest BCUT2D eigenvalue weighted by molar-refractivity contribution is 0.0667. The van der Waals surface area contributed by atoms with Crippen LogP contribution >= 0.6 is 0 Å². The maximum absolute atomic E-state index is 12.6. The summed E-state index contributed by atoms with van der Waals surface area (Å²) in [5.74, 6) is -0.561. The summed E-state index contributed by atoms with van der Waals surface area (Å²) in [5, 5.41) is 20.4. The molecule has 1 aliphatic rings. The molecule has 3 heterocycles. The predicted molar refractivity (Wildman–Crippen MR) is 85.8 cm³/mol. The maximum Gasteiger partial charge on any atom is 0.276 e. The molecule has 1 unspecified atom stereocenters. The van der Waals surface area contributed by atoms with Gasteiger partial charge in [0.25, 0.3) is 11.8 Å². The average Bonchev–Trinajstić information content (AvgIpc) is 2.92. The summed E-state index contributed by atoms with van der Waals surface area (Å²) in [4.78, 5) is 35.2. The molecule has 1 aliphatic heterocycles. The van der Waals surface area contributed by atoms with E-state index in [1.165, 1.54) is 17.3 Å². The molecule has 0 radical (unpaired) electrons. The SMILES string of the molecule is Cc1n[nH]nc1C(=O)N1CCN(c2cncc(C(N)=O)n2)CC(O)C1. The Hall–Kier alpha value is -3.08. The molecule has 1 fully saturated rings. The number of aliphatic hydroxyl groups excluding tert-OH is 1. The Labute approximate surface area is 142 Å². The number of aliphatic hydroxyl groups is 1. The van der Waals surface area contributed by atoms with E-state index in [4.69, 9.17) is 5.73 Å². The molecule has 2 aromatic rings. The molecule has 0 spiro atoms. The first-order chi connectivity index (χ1) is 12.0. The highest BCUT2D eigenvalue weighted by Crippen LogP contribution is 2.15. The van der Waals surface area contributed by atoms with E-state index >= 15 is 0 Å². The van der Waals surface area contributed by atoms with Crippen LogP contribution in [0.4, 0.5) is 5.82 Å². The third-order valence-electron chi connectivity index (χ3n) is 3.91. The lowest BCUT2D eigenvalue weighted by Gasteiger charge is -2.22. The number of H-pyrrole nitrogens is 1. The van der Waals surface area contributed by atoms with Crippen LogP contribution in [-0.2, 0) is 0 Å². The van der Waals surface area contributed by atoms with Crippen molar-refractivity contribution in [2.75, 3.05) is 31.1 Å². The number of aromatic nitrogens is 5. The Balaban J connectivity index is 1.77. The summed E-state index contributed by atoms with van der Waals surface area (Å²) in [6, 6.07) is 0. The van der Waals surface area contributed by atoms with Crippen LogP contribution < -0.4 is 10.6 Å². The van der Waals surface area contributed by atoms with Gasteiger partial charge < -0.3 is 20.6 Å². The van der Waals surface area contributed by atoms with Crippen LogP contribution in [0, 0.1) is 6.92 Å². The quantitative estimate of drug-likeness (QED) is 0.595. The first-order valence-electron chi connectivity index (χ1n) is 7.67. The summed E-state index contributed by atoms with van der Waals surface area (Å²) >= 11 is 0. The molecule has 11 nitrogen and oxygen atoms in total. The summed E-state index contributed by atoms with van der Waals surface area (Å²) < 4.78 is 0. The van der Waals surface area contributed by atoms with E-state index in [0.29, 0.717) is 24.6 Å². The van der Waals surface area contributed by atoms with E-state index in [1.54, 1.807) is 11.8 Å². The van der Waals surface area contributed by atoms with Gasteiger partial charge in [0.05, 0.1) is 24.2 Å². The fraction of sp³-hybridized carbons (Fsp3) is 0.429. The Bertz CT molecular complexity index is 792. The van der Waals surface area contributed by atoms with Gasteiger partial charge >= 0.3 is 0 Å². The lowest BCUT2D eigenvalue weighted by Crippen LogP contribution is -2.38. The van der Waals surface area contributed by atoms with Crippen molar-refractivity contribution < 1.29 is 14.7 Å². The van der Waals surface area contributed by atoms with Gasteiger partial charge in [0.15, 0.2) is 5.69 Å². The third-order valence-corrected chi connectivity index (χ3v) is 3.91. The summed E-state index contributed by atoms with van der Waals surface area (Å²) in [5.41, 5.74) is 6.00. The van der Waals surface area contributed by atoms with E-state index in [1.807, 2.05) is 0 Å². The Morgan fingerprint density at radius 2 is 2.08 bits per heavy atom. The standard InChI is InChI=1S/C14H18N8O3/c1-8-12(19-20-18-8)14(25)22-3-2-21(6-9(23)7-22)11-5-16-4-10(17-11)13(15)24/h4-5,9,23H,2-3,6-7H2,1H3,(H2,15,24)(H,18,19,20). The van der Waals surface area contributed by atoms with Crippen molar-refractivity contribution in [2.24, 2.45) is 5.73 Å². The molecule has 25 heavy (non-hydrogen) atoms. The van der Waals surface area contributed by atoms with Crippen LogP contribution in [-0.4, -0.2) is 79.5 Å². The number of primary amides is 1. The zero-order chi connectivity index (χ0) is 18.0. The van der Waals surface area contributed by atoms with Gasteiger partial charge in [-0.3, -0.25) is 14.6 Å². The number of aromatic amines is 1. The predicted octanol–water partition coefficient (Wildman–Crippen LogP) is -1.67. The molecule has 0 aromatic carbocycles. The number of carbonyl (C=O) groups is 2. The van der Waals surface area contributed by atoms with E-state index < -0.39 is 12.0 Å². The summed E-state index contributed by atoms with van der Waals surface area (Å²) in [7, 11) is 0. The number of anilines is 1. The topological polar surface area (TPSA) is 154 Å². The van der Waals surface area contributed by atoms with Crippen LogP contribution in [0.3, 0.4) is 0 Å². The first-order valence-corrected chi connectivity index (χ1v) is 7.67. The van der Waals surface area contributed by atoms with E-state index in [9.17, 15) is 14.7 Å². The van der Waals surface area contributed by atoms with Crippen LogP contribution in [0.15, 0.2) is 12.4 Å². The highest BCUT2D eigenvalue weighted by Gasteiger charge is 2.28. The zero-order valence-corrected chi connectivity index (χ0v) is 13.6. The largest absolute Gasteiger partial charge is 0.389 e. The molecular formula is C14H18N8O3. The summed E-state index contributed by atoms with van der Waals surface area (Å²) in [6.07, 6.45) is 1.97. The normalized spacial score (nSPS) is 18.1. The van der Waals surface area contributed by atoms with Crippen molar-refractivity contribution in [3.63, 3.8) is 0 Å². The molecule has 11 heteroatoms. The molecule has 2 aromatic heterocycles. The van der Waals surface area contributed by atoms with Crippen molar-refractivity contribution in [2.45, 2.75) is 13.0 Å². The van der Waals surface area contributed by atoms with Gasteiger partial charge in [0, 0.05) is 26.2 Å². The molecule has 0 saturated carbocycles. The van der Waals surface area contributed by atoms with E-state index in [-0.39, 0.29) is 30.4 Å². The van der Waals surface area contributed by atoms with Crippen molar-refractivity contribution in [3.8, 4) is 0 Å². The Morgan fingerprint density at radius 1 is 1.28 bits per heavy atom. The number of hydrogen-bond acceptors (Lipinski definition) is 8. The number of nitrogens with two attached hydrogens (primary N) is 1. The van der Waals surface area contributed by atoms with Crippen LogP contribution in [0.2, 0.25) is 0 Å². The minimum atomic E-state index is -0.794. The molecule has 3 rings (SSSR count). The zero-order valence-electron chi connectivity index (χ0n) is 13.6. The van der Waals surface area contributed by atoms with Crippen molar-refractivity contribution in [1.29, 1.82) is 0 Å². The van der Waals surface area contributed by atoms with Crippen LogP contribution in [0.25, 0.3) is 0 Å². The van der Waals surface area contributed by atoms with Crippen LogP contribution in [0.1, 0.15) is 26.7 Å². The fourth-order valence-electron chi connectivity index (χ4n) is 2.65. The number of hydrogen-bond donors (Lipinski definition) is 3. The number of rotatable bonds is 3. The summed E-state index contributed by atoms with van der Waals surface area (Å²) in [6.45, 7) is 2.85. The number of amides is 2. The number of nitrogens with zero attached hydrogens (tertiary/aromatic N) is 6. The van der Waals surface area contributed by atoms with Gasteiger partial charge in [0.1, 0.15) is 11.5 Å². The molecule has 132 valence electrons. The second kappa shape index (κ2) is 6.81. The first kappa shape index (κ1) is 16.8. The third kappa shape index (κ3) is 3.55. The second-order valence-corrected chi connectivity index (χ2v) is 5.74. The molecule has 0 bridgehead atoms. The Morgan fingerprint density at radius 3 is 2.76 bits per heavy atom. The smallest absolute Gasteiger partial charge is 0.276 e. The fourth-order valence-corrected chi connectivity index (χ4v) is 2.65. The van der Waals surface area contributed by atoms with Gasteiger partial charge in [-0.15, -0.1) is 0 Å². The molecule has 1 atom stereocenters. The number of carbonyl (C=O) groups excluding carboxylic acids is 2. The molecule has 4 N–H and O–H groups in total. The lowest BCUT2D eigenvalue weighted by atomic mass is 10.2. The van der Waals surface area contributed by atoms with Crippen molar-refractivity contribution in [1.82, 2.24) is 30.3 Å². The number of β-amino-alcohol motifs (C(OH)–C–C–N with tert-alkyl or cyclic N) is 1. The molecular weight excluding hydrogens is 328 g/mol. The minimum absolute atomic E-state index is 0.0439. The van der Waals surface area contributed by atoms with Gasteiger partial charge in [-0.2, -0.15) is 15.4 Å². The molecule has 2 amide bonds. The minimum Gasteiger partial charge on any atom is -0.389 e. The molecule has 1 saturated heterocycles. The number of aryl methyl sites for hydroxylation is 1. The Kier molecular flexibility index (Phi) is 4.57. The average molecular weight is 346 g/mol. The number of nitrogens with one attached hydrogen (secondary N) is 1. The van der Waals surface area contributed by atoms with Gasteiger partial charge in [-0.05, 0) is 6.92 Å². The van der Waals surface area contributed by atoms with Crippen molar-refractivity contribution in [3.05, 3.63) is 29.5 Å². The van der Waals surface area contributed by atoms with Gasteiger partial charge in [-0.25, -0.2) is 4.98 Å².